The Morgan fingerprint density at radius 3 is 2.50 bits per heavy atom. The summed E-state index contributed by atoms with van der Waals surface area (Å²) < 4.78 is 27.6. The second-order valence-corrected chi connectivity index (χ2v) is 9.70. The molecule has 0 aliphatic carbocycles. The third-order valence-corrected chi connectivity index (χ3v) is 7.29. The molecule has 4 nitrogen and oxygen atoms in total. The number of nitrogens with zero attached hydrogens (tertiary/aromatic N) is 1. The van der Waals surface area contributed by atoms with Crippen LogP contribution in [0.5, 0.6) is 0 Å². The maximum Gasteiger partial charge on any atom is 0.243 e. The van der Waals surface area contributed by atoms with Crippen LogP contribution in [0.1, 0.15) is 45.6 Å². The molecule has 0 bridgehead atoms. The standard InChI is InChI=1S/C21H31NO3S/c1-16(2)6-5-7-18(4)21-14-22(13-12-19(21)15-23)26(24,25)20-10-8-17(3)9-11-20/h6,8-11,15,18-19,21H,5,7,12-14H2,1-4H3/t18-,19+,21+/m0/s1. The summed E-state index contributed by atoms with van der Waals surface area (Å²) in [7, 11) is -3.51. The number of carbonyl (C=O) groups excluding carboxylic acids is 1. The molecule has 3 atom stereocenters. The van der Waals surface area contributed by atoms with Crippen molar-refractivity contribution in [2.24, 2.45) is 17.8 Å². The summed E-state index contributed by atoms with van der Waals surface area (Å²) >= 11 is 0. The molecule has 26 heavy (non-hydrogen) atoms. The molecular weight excluding hydrogens is 346 g/mol. The Morgan fingerprint density at radius 1 is 1.27 bits per heavy atom. The van der Waals surface area contributed by atoms with Crippen molar-refractivity contribution in [1.29, 1.82) is 0 Å². The summed E-state index contributed by atoms with van der Waals surface area (Å²) in [6.07, 6.45) is 5.77. The van der Waals surface area contributed by atoms with Crippen LogP contribution in [0.25, 0.3) is 0 Å². The van der Waals surface area contributed by atoms with Crippen LogP contribution in [0.2, 0.25) is 0 Å². The molecule has 1 fully saturated rings. The molecule has 1 saturated heterocycles. The molecule has 1 aliphatic rings. The molecule has 0 saturated carbocycles. The van der Waals surface area contributed by atoms with Crippen LogP contribution in [-0.2, 0) is 14.8 Å². The van der Waals surface area contributed by atoms with Gasteiger partial charge in [0.05, 0.1) is 4.90 Å². The lowest BCUT2D eigenvalue weighted by molar-refractivity contribution is -0.114. The van der Waals surface area contributed by atoms with Gasteiger partial charge >= 0.3 is 0 Å². The zero-order chi connectivity index (χ0) is 19.3. The van der Waals surface area contributed by atoms with Crippen molar-refractivity contribution < 1.29 is 13.2 Å². The van der Waals surface area contributed by atoms with Gasteiger partial charge in [0.2, 0.25) is 10.0 Å². The van der Waals surface area contributed by atoms with Gasteiger partial charge in [-0.3, -0.25) is 0 Å². The Balaban J connectivity index is 2.15. The lowest BCUT2D eigenvalue weighted by Crippen LogP contribution is -2.46. The topological polar surface area (TPSA) is 54.5 Å². The molecule has 0 N–H and O–H groups in total. The third kappa shape index (κ3) is 5.04. The van der Waals surface area contributed by atoms with Gasteiger partial charge in [-0.05, 0) is 64.0 Å². The van der Waals surface area contributed by atoms with E-state index in [1.165, 1.54) is 5.57 Å². The monoisotopic (exact) mass is 377 g/mol. The highest BCUT2D eigenvalue weighted by atomic mass is 32.2. The fourth-order valence-corrected chi connectivity index (χ4v) is 5.16. The van der Waals surface area contributed by atoms with Crippen molar-refractivity contribution >= 4 is 16.3 Å². The fraction of sp³-hybridized carbons (Fsp3) is 0.571. The number of carbonyl (C=O) groups is 1. The molecule has 1 aromatic carbocycles. The van der Waals surface area contributed by atoms with E-state index in [1.807, 2.05) is 19.1 Å². The predicted octanol–water partition coefficient (Wildman–Crippen LogP) is 4.20. The molecule has 1 heterocycles. The van der Waals surface area contributed by atoms with Gasteiger partial charge in [-0.15, -0.1) is 0 Å². The van der Waals surface area contributed by atoms with Crippen LogP contribution >= 0.6 is 0 Å². The van der Waals surface area contributed by atoms with E-state index in [0.29, 0.717) is 30.3 Å². The second kappa shape index (κ2) is 8.96. The minimum atomic E-state index is -3.51. The number of aryl methyl sites for hydroxylation is 1. The van der Waals surface area contributed by atoms with Gasteiger partial charge in [-0.1, -0.05) is 36.3 Å². The summed E-state index contributed by atoms with van der Waals surface area (Å²) in [6, 6.07) is 6.99. The SMILES string of the molecule is CC(C)=CCC[C@H](C)[C@H]1CN(S(=O)(=O)c2ccc(C)cc2)CC[C@@H]1C=O. The van der Waals surface area contributed by atoms with Crippen molar-refractivity contribution in [3.8, 4) is 0 Å². The Hall–Kier alpha value is -1.46. The number of sulfonamides is 1. The number of benzene rings is 1. The van der Waals surface area contributed by atoms with Crippen LogP contribution < -0.4 is 0 Å². The number of rotatable bonds is 7. The van der Waals surface area contributed by atoms with Gasteiger partial charge in [0.25, 0.3) is 0 Å². The fourth-order valence-electron chi connectivity index (χ4n) is 3.67. The lowest BCUT2D eigenvalue weighted by Gasteiger charge is -2.38. The number of allylic oxidation sites excluding steroid dienone is 2. The van der Waals surface area contributed by atoms with Crippen LogP contribution in [0, 0.1) is 24.7 Å². The first-order valence-corrected chi connectivity index (χ1v) is 10.8. The summed E-state index contributed by atoms with van der Waals surface area (Å²) in [5.41, 5.74) is 2.32. The molecule has 0 radical (unpaired) electrons. The van der Waals surface area contributed by atoms with Crippen LogP contribution in [0.3, 0.4) is 0 Å². The van der Waals surface area contributed by atoms with E-state index >= 15 is 0 Å². The molecule has 0 amide bonds. The first-order chi connectivity index (χ1) is 12.3. The highest BCUT2D eigenvalue weighted by Crippen LogP contribution is 2.33. The van der Waals surface area contributed by atoms with E-state index in [0.717, 1.165) is 24.7 Å². The van der Waals surface area contributed by atoms with Crippen LogP contribution in [0.15, 0.2) is 40.8 Å². The van der Waals surface area contributed by atoms with Gasteiger partial charge in [-0.25, -0.2) is 8.42 Å². The molecule has 5 heteroatoms. The van der Waals surface area contributed by atoms with Gasteiger partial charge in [0.1, 0.15) is 6.29 Å². The first kappa shape index (κ1) is 20.8. The van der Waals surface area contributed by atoms with Crippen molar-refractivity contribution in [2.75, 3.05) is 13.1 Å². The Morgan fingerprint density at radius 2 is 1.92 bits per heavy atom. The van der Waals surface area contributed by atoms with E-state index in [4.69, 9.17) is 0 Å². The van der Waals surface area contributed by atoms with E-state index in [-0.39, 0.29) is 11.8 Å². The highest BCUT2D eigenvalue weighted by Gasteiger charge is 2.37. The van der Waals surface area contributed by atoms with Crippen molar-refractivity contribution in [3.05, 3.63) is 41.5 Å². The predicted molar refractivity (Wildman–Crippen MR) is 105 cm³/mol. The molecule has 1 aromatic rings. The normalized spacial score (nSPS) is 22.6. The van der Waals surface area contributed by atoms with Crippen LogP contribution in [-0.4, -0.2) is 32.1 Å². The van der Waals surface area contributed by atoms with Crippen molar-refractivity contribution in [2.45, 2.75) is 51.9 Å². The molecule has 144 valence electrons. The summed E-state index contributed by atoms with van der Waals surface area (Å²) in [5.74, 6) is 0.324. The maximum atomic E-state index is 13.0. The van der Waals surface area contributed by atoms with Gasteiger partial charge in [0.15, 0.2) is 0 Å². The molecule has 1 aliphatic heterocycles. The van der Waals surface area contributed by atoms with E-state index in [9.17, 15) is 13.2 Å². The molecule has 0 spiro atoms. The summed E-state index contributed by atoms with van der Waals surface area (Å²) in [6.45, 7) is 9.08. The summed E-state index contributed by atoms with van der Waals surface area (Å²) in [4.78, 5) is 11.9. The average molecular weight is 378 g/mol. The van der Waals surface area contributed by atoms with E-state index < -0.39 is 10.0 Å². The largest absolute Gasteiger partial charge is 0.303 e. The molecule has 2 rings (SSSR count). The first-order valence-electron chi connectivity index (χ1n) is 9.41. The molecular formula is C21H31NO3S. The number of aldehydes is 1. The maximum absolute atomic E-state index is 13.0. The van der Waals surface area contributed by atoms with E-state index in [1.54, 1.807) is 16.4 Å². The second-order valence-electron chi connectivity index (χ2n) is 7.76. The number of hydrogen-bond acceptors (Lipinski definition) is 3. The van der Waals surface area contributed by atoms with Crippen molar-refractivity contribution in [3.63, 3.8) is 0 Å². The molecule has 0 aromatic heterocycles. The quantitative estimate of drug-likeness (QED) is 0.528. The average Bonchev–Trinajstić information content (AvgIpc) is 2.61. The zero-order valence-corrected chi connectivity index (χ0v) is 17.1. The Labute approximate surface area is 158 Å². The van der Waals surface area contributed by atoms with E-state index in [2.05, 4.69) is 26.8 Å². The highest BCUT2D eigenvalue weighted by molar-refractivity contribution is 7.89. The van der Waals surface area contributed by atoms with Crippen LogP contribution in [0.4, 0.5) is 0 Å². The van der Waals surface area contributed by atoms with Crippen molar-refractivity contribution in [1.82, 2.24) is 4.31 Å². The van der Waals surface area contributed by atoms with Gasteiger partial charge in [-0.2, -0.15) is 4.31 Å². The Bertz CT molecular complexity index is 733. The van der Waals surface area contributed by atoms with Gasteiger partial charge in [0, 0.05) is 19.0 Å². The molecule has 0 unspecified atom stereocenters. The minimum absolute atomic E-state index is 0.0545. The third-order valence-electron chi connectivity index (χ3n) is 5.42. The minimum Gasteiger partial charge on any atom is -0.303 e. The summed E-state index contributed by atoms with van der Waals surface area (Å²) in [5, 5.41) is 0. The zero-order valence-electron chi connectivity index (χ0n) is 16.3. The Kier molecular flexibility index (Phi) is 7.18. The number of piperidine rings is 1. The number of hydrogen-bond donors (Lipinski definition) is 0. The smallest absolute Gasteiger partial charge is 0.243 e. The lowest BCUT2D eigenvalue weighted by atomic mass is 9.77. The van der Waals surface area contributed by atoms with Gasteiger partial charge < -0.3 is 4.79 Å².